The molecule has 0 aliphatic carbocycles. The summed E-state index contributed by atoms with van der Waals surface area (Å²) in [5.41, 5.74) is 2.14. The summed E-state index contributed by atoms with van der Waals surface area (Å²) in [5, 5.41) is 4.94. The standard InChI is InChI=1S/C10H9BrF2N2O2S.C4H6O2S/c11-6-1-3-7(4-2-6)18(16,17)9-5-8(10(12)13)14-15-9;1-3-7(5,6)4-2/h1-4,8,10,14H,5H2;3-4H,1-2H2. The highest BCUT2D eigenvalue weighted by atomic mass is 79.9. The summed E-state index contributed by atoms with van der Waals surface area (Å²) in [6, 6.07) is 4.71. The Kier molecular flexibility index (Phi) is 7.44. The van der Waals surface area contributed by atoms with E-state index in [9.17, 15) is 25.6 Å². The number of sulfone groups is 2. The van der Waals surface area contributed by atoms with Gasteiger partial charge >= 0.3 is 0 Å². The van der Waals surface area contributed by atoms with Crippen molar-refractivity contribution in [2.75, 3.05) is 0 Å². The molecule has 0 saturated heterocycles. The molecule has 0 bridgehead atoms. The fourth-order valence-electron chi connectivity index (χ4n) is 1.57. The van der Waals surface area contributed by atoms with E-state index < -0.39 is 32.1 Å². The molecule has 0 radical (unpaired) electrons. The second-order valence-corrected chi connectivity index (χ2v) is 9.37. The molecule has 1 aliphatic rings. The van der Waals surface area contributed by atoms with Crippen molar-refractivity contribution in [3.63, 3.8) is 0 Å². The van der Waals surface area contributed by atoms with Crippen molar-refractivity contribution >= 4 is 40.6 Å². The van der Waals surface area contributed by atoms with Gasteiger partial charge in [0.15, 0.2) is 14.9 Å². The number of benzene rings is 1. The highest BCUT2D eigenvalue weighted by molar-refractivity contribution is 9.10. The number of nitrogens with one attached hydrogen (secondary N) is 1. The van der Waals surface area contributed by atoms with Crippen molar-refractivity contribution in [3.8, 4) is 0 Å². The van der Waals surface area contributed by atoms with Crippen LogP contribution in [-0.2, 0) is 19.7 Å². The van der Waals surface area contributed by atoms with Crippen LogP contribution in [0.25, 0.3) is 0 Å². The predicted molar refractivity (Wildman–Crippen MR) is 95.6 cm³/mol. The lowest BCUT2D eigenvalue weighted by Gasteiger charge is -2.07. The first-order valence-electron chi connectivity index (χ1n) is 6.64. The maximum Gasteiger partial charge on any atom is 0.260 e. The smallest absolute Gasteiger partial charge is 0.260 e. The van der Waals surface area contributed by atoms with Gasteiger partial charge < -0.3 is 0 Å². The molecular formula is C14H15BrF2N2O4S2. The summed E-state index contributed by atoms with van der Waals surface area (Å²) in [7, 11) is -6.92. The van der Waals surface area contributed by atoms with Crippen molar-refractivity contribution in [1.82, 2.24) is 5.43 Å². The quantitative estimate of drug-likeness (QED) is 0.751. The number of alkyl halides is 2. The summed E-state index contributed by atoms with van der Waals surface area (Å²) < 4.78 is 70.0. The summed E-state index contributed by atoms with van der Waals surface area (Å²) in [6.07, 6.45) is -2.94. The third-order valence-electron chi connectivity index (χ3n) is 2.95. The van der Waals surface area contributed by atoms with Crippen molar-refractivity contribution in [2.24, 2.45) is 5.10 Å². The largest absolute Gasteiger partial charge is 0.300 e. The molecule has 1 aromatic carbocycles. The van der Waals surface area contributed by atoms with Gasteiger partial charge in [0.1, 0.15) is 6.04 Å². The first-order valence-corrected chi connectivity index (χ1v) is 10.5. The van der Waals surface area contributed by atoms with Crippen molar-refractivity contribution in [1.29, 1.82) is 0 Å². The van der Waals surface area contributed by atoms with Crippen LogP contribution in [0, 0.1) is 0 Å². The Morgan fingerprint density at radius 2 is 1.68 bits per heavy atom. The summed E-state index contributed by atoms with van der Waals surface area (Å²) in [6.45, 7) is 6.09. The molecule has 1 heterocycles. The minimum Gasteiger partial charge on any atom is -0.300 e. The van der Waals surface area contributed by atoms with Gasteiger partial charge in [0.05, 0.1) is 4.90 Å². The Hall–Kier alpha value is -1.59. The molecular weight excluding hydrogens is 442 g/mol. The van der Waals surface area contributed by atoms with Gasteiger partial charge in [-0.2, -0.15) is 5.10 Å². The van der Waals surface area contributed by atoms with Gasteiger partial charge in [-0.05, 0) is 24.3 Å². The van der Waals surface area contributed by atoms with E-state index in [2.05, 4.69) is 39.6 Å². The van der Waals surface area contributed by atoms with Gasteiger partial charge in [-0.25, -0.2) is 25.6 Å². The van der Waals surface area contributed by atoms with Gasteiger partial charge in [-0.3, -0.25) is 5.43 Å². The minimum atomic E-state index is -3.79. The van der Waals surface area contributed by atoms with E-state index in [0.717, 1.165) is 15.3 Å². The van der Waals surface area contributed by atoms with Crippen LogP contribution < -0.4 is 5.43 Å². The molecule has 0 fully saturated rings. The molecule has 1 aromatic rings. The van der Waals surface area contributed by atoms with Crippen LogP contribution in [0.4, 0.5) is 8.78 Å². The summed E-state index contributed by atoms with van der Waals surface area (Å²) in [4.78, 5) is 0.0427. The molecule has 0 amide bonds. The van der Waals surface area contributed by atoms with Crippen LogP contribution in [0.5, 0.6) is 0 Å². The molecule has 0 spiro atoms. The van der Waals surface area contributed by atoms with Gasteiger partial charge in [0.25, 0.3) is 6.43 Å². The third kappa shape index (κ3) is 6.01. The minimum absolute atomic E-state index is 0.0427. The van der Waals surface area contributed by atoms with Gasteiger partial charge in [0.2, 0.25) is 9.84 Å². The molecule has 1 unspecified atom stereocenters. The number of hydrazone groups is 1. The normalized spacial score (nSPS) is 17.1. The Morgan fingerprint density at radius 1 is 1.16 bits per heavy atom. The molecule has 25 heavy (non-hydrogen) atoms. The van der Waals surface area contributed by atoms with Gasteiger partial charge in [-0.1, -0.05) is 29.1 Å². The SMILES string of the molecule is C=CS(=O)(=O)C=C.O=S(=O)(C1=NNC(C(F)F)C1)c1ccc(Br)cc1. The van der Waals surface area contributed by atoms with Crippen LogP contribution in [0.3, 0.4) is 0 Å². The Balaban J connectivity index is 0.000000381. The first kappa shape index (κ1) is 21.5. The number of nitrogens with zero attached hydrogens (tertiary/aromatic N) is 1. The van der Waals surface area contributed by atoms with Crippen molar-refractivity contribution in [2.45, 2.75) is 23.8 Å². The lowest BCUT2D eigenvalue weighted by atomic mass is 10.2. The predicted octanol–water partition coefficient (Wildman–Crippen LogP) is 2.85. The van der Waals surface area contributed by atoms with E-state index in [1.807, 2.05) is 0 Å². The second kappa shape index (κ2) is 8.68. The zero-order chi connectivity index (χ0) is 19.3. The average Bonchev–Trinajstić information content (AvgIpc) is 3.07. The molecule has 2 rings (SSSR count). The number of rotatable bonds is 4. The summed E-state index contributed by atoms with van der Waals surface area (Å²) in [5.74, 6) is 0. The zero-order valence-electron chi connectivity index (χ0n) is 12.8. The Bertz CT molecular complexity index is 853. The maximum atomic E-state index is 12.4. The monoisotopic (exact) mass is 456 g/mol. The van der Waals surface area contributed by atoms with Crippen LogP contribution in [0.1, 0.15) is 6.42 Å². The number of hydrogen-bond acceptors (Lipinski definition) is 6. The molecule has 11 heteroatoms. The topological polar surface area (TPSA) is 92.7 Å². The molecule has 138 valence electrons. The first-order chi connectivity index (χ1) is 11.5. The molecule has 0 saturated carbocycles. The number of halogens is 3. The molecule has 1 aliphatic heterocycles. The van der Waals surface area contributed by atoms with Crippen LogP contribution in [0.15, 0.2) is 62.7 Å². The fraction of sp³-hybridized carbons (Fsp3) is 0.214. The maximum absolute atomic E-state index is 12.4. The number of hydrogen-bond donors (Lipinski definition) is 1. The second-order valence-electron chi connectivity index (χ2n) is 4.66. The fourth-order valence-corrected chi connectivity index (χ4v) is 3.31. The van der Waals surface area contributed by atoms with E-state index in [0.29, 0.717) is 0 Å². The Labute approximate surface area is 153 Å². The summed E-state index contributed by atoms with van der Waals surface area (Å²) >= 11 is 3.19. The molecule has 0 aromatic heterocycles. The molecule has 1 N–H and O–H groups in total. The van der Waals surface area contributed by atoms with Gasteiger partial charge in [-0.15, -0.1) is 0 Å². The molecule has 6 nitrogen and oxygen atoms in total. The molecule has 1 atom stereocenters. The van der Waals surface area contributed by atoms with E-state index in [1.165, 1.54) is 12.1 Å². The van der Waals surface area contributed by atoms with Crippen molar-refractivity contribution in [3.05, 3.63) is 52.7 Å². The van der Waals surface area contributed by atoms with E-state index >= 15 is 0 Å². The van der Waals surface area contributed by atoms with E-state index in [1.54, 1.807) is 12.1 Å². The van der Waals surface area contributed by atoms with E-state index in [-0.39, 0.29) is 16.4 Å². The Morgan fingerprint density at radius 3 is 2.04 bits per heavy atom. The van der Waals surface area contributed by atoms with E-state index in [4.69, 9.17) is 0 Å². The van der Waals surface area contributed by atoms with Crippen LogP contribution in [-0.4, -0.2) is 34.3 Å². The lowest BCUT2D eigenvalue weighted by Crippen LogP contribution is -2.28. The highest BCUT2D eigenvalue weighted by Gasteiger charge is 2.34. The van der Waals surface area contributed by atoms with Gasteiger partial charge in [0, 0.05) is 21.7 Å². The zero-order valence-corrected chi connectivity index (χ0v) is 16.0. The third-order valence-corrected chi connectivity index (χ3v) is 6.18. The van der Waals surface area contributed by atoms with Crippen LogP contribution >= 0.6 is 15.9 Å². The van der Waals surface area contributed by atoms with Crippen molar-refractivity contribution < 1.29 is 25.6 Å². The lowest BCUT2D eigenvalue weighted by molar-refractivity contribution is 0.106. The van der Waals surface area contributed by atoms with Crippen LogP contribution in [0.2, 0.25) is 0 Å². The average molecular weight is 457 g/mol. The highest BCUT2D eigenvalue weighted by Crippen LogP contribution is 2.22.